The second-order valence-electron chi connectivity index (χ2n) is 2.81. The van der Waals surface area contributed by atoms with Gasteiger partial charge in [0.15, 0.2) is 0 Å². The summed E-state index contributed by atoms with van der Waals surface area (Å²) in [5.74, 6) is -1.01. The minimum atomic E-state index is -2.86. The highest BCUT2D eigenvalue weighted by molar-refractivity contribution is 5.35. The number of alkyl halides is 2. The number of hydrogen-bond donors (Lipinski definition) is 1. The molecule has 0 radical (unpaired) electrons. The number of nitriles is 1. The lowest BCUT2D eigenvalue weighted by atomic mass is 10.0. The van der Waals surface area contributed by atoms with Gasteiger partial charge in [-0.15, -0.1) is 0 Å². The molecule has 6 heteroatoms. The molecule has 1 heterocycles. The molecule has 0 aliphatic heterocycles. The van der Waals surface area contributed by atoms with E-state index < -0.39 is 17.9 Å². The van der Waals surface area contributed by atoms with E-state index >= 15 is 0 Å². The van der Waals surface area contributed by atoms with Gasteiger partial charge in [0, 0.05) is 23.9 Å². The zero-order chi connectivity index (χ0) is 11.4. The SMILES string of the molecule is N#CCc1cnc(F)c(CN)c1C(F)F. The number of pyridine rings is 1. The Bertz CT molecular complexity index is 398. The maximum absolute atomic E-state index is 13.0. The van der Waals surface area contributed by atoms with Crippen LogP contribution in [0.3, 0.4) is 0 Å². The van der Waals surface area contributed by atoms with Crippen molar-refractivity contribution in [1.29, 1.82) is 5.26 Å². The summed E-state index contributed by atoms with van der Waals surface area (Å²) in [6.07, 6.45) is -2.15. The van der Waals surface area contributed by atoms with Crippen molar-refractivity contribution in [2.45, 2.75) is 19.4 Å². The third kappa shape index (κ3) is 2.25. The van der Waals surface area contributed by atoms with Crippen molar-refractivity contribution in [2.24, 2.45) is 5.73 Å². The van der Waals surface area contributed by atoms with Gasteiger partial charge in [0.2, 0.25) is 5.95 Å². The van der Waals surface area contributed by atoms with Gasteiger partial charge in [0.25, 0.3) is 6.43 Å². The van der Waals surface area contributed by atoms with E-state index in [0.717, 1.165) is 6.20 Å². The first kappa shape index (κ1) is 11.5. The van der Waals surface area contributed by atoms with Gasteiger partial charge in [-0.05, 0) is 5.56 Å². The van der Waals surface area contributed by atoms with Crippen LogP contribution in [-0.2, 0) is 13.0 Å². The molecule has 1 aromatic heterocycles. The fourth-order valence-corrected chi connectivity index (χ4v) is 1.28. The Morgan fingerprint density at radius 3 is 2.67 bits per heavy atom. The normalized spacial score (nSPS) is 10.4. The van der Waals surface area contributed by atoms with Crippen molar-refractivity contribution < 1.29 is 13.2 Å². The topological polar surface area (TPSA) is 62.7 Å². The first-order valence-electron chi connectivity index (χ1n) is 4.13. The van der Waals surface area contributed by atoms with Crippen molar-refractivity contribution in [3.05, 3.63) is 28.8 Å². The maximum Gasteiger partial charge on any atom is 0.264 e. The highest BCUT2D eigenvalue weighted by atomic mass is 19.3. The molecule has 0 fully saturated rings. The molecule has 3 nitrogen and oxygen atoms in total. The van der Waals surface area contributed by atoms with Gasteiger partial charge in [-0.25, -0.2) is 13.8 Å². The molecule has 0 unspecified atom stereocenters. The second kappa shape index (κ2) is 4.75. The molecule has 0 aliphatic carbocycles. The smallest absolute Gasteiger partial charge is 0.264 e. The second-order valence-corrected chi connectivity index (χ2v) is 2.81. The maximum atomic E-state index is 13.0. The van der Waals surface area contributed by atoms with Crippen molar-refractivity contribution >= 4 is 0 Å². The third-order valence-electron chi connectivity index (χ3n) is 1.95. The van der Waals surface area contributed by atoms with Crippen LogP contribution in [0.4, 0.5) is 13.2 Å². The van der Waals surface area contributed by atoms with E-state index in [2.05, 4.69) is 4.98 Å². The minimum Gasteiger partial charge on any atom is -0.326 e. The molecule has 0 aliphatic rings. The van der Waals surface area contributed by atoms with Crippen molar-refractivity contribution in [2.75, 3.05) is 0 Å². The highest BCUT2D eigenvalue weighted by Gasteiger charge is 2.20. The third-order valence-corrected chi connectivity index (χ3v) is 1.95. The zero-order valence-corrected chi connectivity index (χ0v) is 7.67. The summed E-state index contributed by atoms with van der Waals surface area (Å²) in [5.41, 5.74) is 4.35. The molecule has 0 amide bonds. The van der Waals surface area contributed by atoms with Crippen LogP contribution < -0.4 is 5.73 Å². The first-order valence-corrected chi connectivity index (χ1v) is 4.13. The molecule has 80 valence electrons. The molecule has 0 saturated heterocycles. The Balaban J connectivity index is 3.36. The van der Waals surface area contributed by atoms with Crippen molar-refractivity contribution in [3.8, 4) is 6.07 Å². The summed E-state index contributed by atoms with van der Waals surface area (Å²) in [7, 11) is 0. The standard InChI is InChI=1S/C9H8F3N3/c10-8(11)7-5(1-2-13)4-15-9(12)6(7)3-14/h4,8H,1,3,14H2. The predicted octanol–water partition coefficient (Wildman–Crippen LogP) is 1.68. The van der Waals surface area contributed by atoms with Crippen LogP contribution in [0.15, 0.2) is 6.20 Å². The van der Waals surface area contributed by atoms with E-state index in [1.165, 1.54) is 0 Å². The fraction of sp³-hybridized carbons (Fsp3) is 0.333. The van der Waals surface area contributed by atoms with Gasteiger partial charge >= 0.3 is 0 Å². The predicted molar refractivity (Wildman–Crippen MR) is 46.4 cm³/mol. The van der Waals surface area contributed by atoms with Gasteiger partial charge in [0.1, 0.15) is 0 Å². The molecule has 0 atom stereocenters. The lowest BCUT2D eigenvalue weighted by molar-refractivity contribution is 0.148. The van der Waals surface area contributed by atoms with Crippen LogP contribution in [-0.4, -0.2) is 4.98 Å². The quantitative estimate of drug-likeness (QED) is 0.780. The summed E-state index contributed by atoms with van der Waals surface area (Å²) in [4.78, 5) is 3.28. The summed E-state index contributed by atoms with van der Waals surface area (Å²) in [6, 6.07) is 1.71. The summed E-state index contributed by atoms with van der Waals surface area (Å²) < 4.78 is 38.3. The molecule has 0 saturated carbocycles. The van der Waals surface area contributed by atoms with Crippen LogP contribution in [0.5, 0.6) is 0 Å². The number of halogens is 3. The first-order chi connectivity index (χ1) is 7.11. The molecular weight excluding hydrogens is 207 g/mol. The molecule has 2 N–H and O–H groups in total. The average Bonchev–Trinajstić information content (AvgIpc) is 2.20. The van der Waals surface area contributed by atoms with E-state index in [1.54, 1.807) is 6.07 Å². The van der Waals surface area contributed by atoms with Crippen LogP contribution in [0.2, 0.25) is 0 Å². The molecule has 0 bridgehead atoms. The summed E-state index contributed by atoms with van der Waals surface area (Å²) >= 11 is 0. The number of nitrogens with two attached hydrogens (primary N) is 1. The Labute approximate surface area is 84.3 Å². The summed E-state index contributed by atoms with van der Waals surface area (Å²) in [6.45, 7) is -0.363. The Kier molecular flexibility index (Phi) is 3.63. The molecule has 0 spiro atoms. The minimum absolute atomic E-state index is 0.0225. The van der Waals surface area contributed by atoms with E-state index in [1.807, 2.05) is 0 Å². The number of hydrogen-bond acceptors (Lipinski definition) is 3. The largest absolute Gasteiger partial charge is 0.326 e. The average molecular weight is 215 g/mol. The molecule has 0 aromatic carbocycles. The lowest BCUT2D eigenvalue weighted by Crippen LogP contribution is -2.10. The van der Waals surface area contributed by atoms with Crippen LogP contribution in [0.1, 0.15) is 23.1 Å². The van der Waals surface area contributed by atoms with Gasteiger partial charge in [-0.3, -0.25) is 0 Å². The number of nitrogens with zero attached hydrogens (tertiary/aromatic N) is 2. The number of rotatable bonds is 3. The lowest BCUT2D eigenvalue weighted by Gasteiger charge is -2.11. The number of aromatic nitrogens is 1. The van der Waals surface area contributed by atoms with Crippen LogP contribution in [0.25, 0.3) is 0 Å². The Morgan fingerprint density at radius 2 is 2.20 bits per heavy atom. The Morgan fingerprint density at radius 1 is 1.53 bits per heavy atom. The van der Waals surface area contributed by atoms with E-state index in [0.29, 0.717) is 0 Å². The molecule has 1 rings (SSSR count). The monoisotopic (exact) mass is 215 g/mol. The summed E-state index contributed by atoms with van der Waals surface area (Å²) in [5, 5.41) is 8.41. The molecular formula is C9H8F3N3. The van der Waals surface area contributed by atoms with Crippen molar-refractivity contribution in [1.82, 2.24) is 4.98 Å². The van der Waals surface area contributed by atoms with Gasteiger partial charge in [-0.2, -0.15) is 9.65 Å². The van der Waals surface area contributed by atoms with Gasteiger partial charge in [0.05, 0.1) is 12.5 Å². The fourth-order valence-electron chi connectivity index (χ4n) is 1.28. The molecule has 15 heavy (non-hydrogen) atoms. The van der Waals surface area contributed by atoms with Crippen molar-refractivity contribution in [3.63, 3.8) is 0 Å². The van der Waals surface area contributed by atoms with Crippen LogP contribution >= 0.6 is 0 Å². The van der Waals surface area contributed by atoms with Gasteiger partial charge < -0.3 is 5.73 Å². The van der Waals surface area contributed by atoms with E-state index in [-0.39, 0.29) is 24.1 Å². The van der Waals surface area contributed by atoms with Gasteiger partial charge in [-0.1, -0.05) is 0 Å². The Hall–Kier alpha value is -1.61. The highest BCUT2D eigenvalue weighted by Crippen LogP contribution is 2.27. The van der Waals surface area contributed by atoms with E-state index in [9.17, 15) is 13.2 Å². The van der Waals surface area contributed by atoms with Crippen LogP contribution in [0, 0.1) is 17.3 Å². The zero-order valence-electron chi connectivity index (χ0n) is 7.67. The van der Waals surface area contributed by atoms with E-state index in [4.69, 9.17) is 11.0 Å². The molecule has 1 aromatic rings.